The number of carboxylic acids is 1. The number of phenols is 1. The van der Waals surface area contributed by atoms with Gasteiger partial charge in [-0.2, -0.15) is 0 Å². The lowest BCUT2D eigenvalue weighted by Gasteiger charge is -2.13. The van der Waals surface area contributed by atoms with Gasteiger partial charge in [0, 0.05) is 6.07 Å². The maximum absolute atomic E-state index is 11.5. The van der Waals surface area contributed by atoms with Crippen molar-refractivity contribution in [3.63, 3.8) is 0 Å². The Morgan fingerprint density at radius 2 is 2.00 bits per heavy atom. The minimum atomic E-state index is -1.08. The molecule has 7 heteroatoms. The molecule has 0 fully saturated rings. The fourth-order valence-electron chi connectivity index (χ4n) is 2.15. The SMILES string of the molecule is O=C(O)C(Cc1ccc(Cl)c([N+](=O)[O-])c1)c1cccc(O)c1. The van der Waals surface area contributed by atoms with Crippen LogP contribution in [0.2, 0.25) is 5.02 Å². The highest BCUT2D eigenvalue weighted by molar-refractivity contribution is 6.32. The van der Waals surface area contributed by atoms with Gasteiger partial charge in [-0.1, -0.05) is 29.8 Å². The second kappa shape index (κ2) is 6.44. The maximum Gasteiger partial charge on any atom is 0.311 e. The summed E-state index contributed by atoms with van der Waals surface area (Å²) >= 11 is 5.74. The number of nitro groups is 1. The minimum absolute atomic E-state index is 0.00187. The van der Waals surface area contributed by atoms with E-state index in [4.69, 9.17) is 11.6 Å². The van der Waals surface area contributed by atoms with Crippen LogP contribution in [-0.4, -0.2) is 21.1 Å². The normalized spacial score (nSPS) is 11.9. The predicted octanol–water partition coefficient (Wildman–Crippen LogP) is 3.36. The molecule has 1 unspecified atom stereocenters. The molecule has 0 amide bonds. The van der Waals surface area contributed by atoms with Gasteiger partial charge >= 0.3 is 5.97 Å². The van der Waals surface area contributed by atoms with Crippen LogP contribution in [0.5, 0.6) is 5.75 Å². The van der Waals surface area contributed by atoms with Gasteiger partial charge in [0.15, 0.2) is 0 Å². The van der Waals surface area contributed by atoms with E-state index in [0.29, 0.717) is 11.1 Å². The van der Waals surface area contributed by atoms with Gasteiger partial charge in [-0.15, -0.1) is 0 Å². The number of aromatic hydroxyl groups is 1. The molecule has 0 radical (unpaired) electrons. The van der Waals surface area contributed by atoms with Gasteiger partial charge in [-0.3, -0.25) is 14.9 Å². The van der Waals surface area contributed by atoms with Crippen molar-refractivity contribution in [1.82, 2.24) is 0 Å². The summed E-state index contributed by atoms with van der Waals surface area (Å²) in [4.78, 5) is 21.7. The average molecular weight is 322 g/mol. The molecule has 6 nitrogen and oxygen atoms in total. The Kier molecular flexibility index (Phi) is 4.62. The van der Waals surface area contributed by atoms with E-state index in [-0.39, 0.29) is 22.9 Å². The molecule has 0 saturated carbocycles. The number of nitrogens with zero attached hydrogens (tertiary/aromatic N) is 1. The second-order valence-corrected chi connectivity index (χ2v) is 5.14. The number of carboxylic acid groups (broad SMARTS) is 1. The largest absolute Gasteiger partial charge is 0.508 e. The lowest BCUT2D eigenvalue weighted by atomic mass is 9.92. The minimum Gasteiger partial charge on any atom is -0.508 e. The molecular weight excluding hydrogens is 310 g/mol. The number of halogens is 1. The molecule has 0 heterocycles. The molecule has 2 aromatic carbocycles. The van der Waals surface area contributed by atoms with Crippen molar-refractivity contribution in [1.29, 1.82) is 0 Å². The van der Waals surface area contributed by atoms with Gasteiger partial charge < -0.3 is 10.2 Å². The lowest BCUT2D eigenvalue weighted by molar-refractivity contribution is -0.384. The lowest BCUT2D eigenvalue weighted by Crippen LogP contribution is -2.14. The van der Waals surface area contributed by atoms with Crippen molar-refractivity contribution in [3.8, 4) is 5.75 Å². The van der Waals surface area contributed by atoms with E-state index >= 15 is 0 Å². The number of aliphatic carboxylic acids is 1. The van der Waals surface area contributed by atoms with Gasteiger partial charge in [0.25, 0.3) is 5.69 Å². The summed E-state index contributed by atoms with van der Waals surface area (Å²) in [5, 5.41) is 29.7. The first-order chi connectivity index (χ1) is 10.4. The Morgan fingerprint density at radius 3 is 2.59 bits per heavy atom. The zero-order chi connectivity index (χ0) is 16.3. The summed E-state index contributed by atoms with van der Waals surface area (Å²) in [7, 11) is 0. The van der Waals surface area contributed by atoms with Crippen LogP contribution in [0.1, 0.15) is 17.0 Å². The van der Waals surface area contributed by atoms with E-state index in [9.17, 15) is 25.1 Å². The van der Waals surface area contributed by atoms with E-state index in [1.54, 1.807) is 18.2 Å². The molecule has 0 aliphatic heterocycles. The van der Waals surface area contributed by atoms with Crippen molar-refractivity contribution in [2.24, 2.45) is 0 Å². The molecule has 0 bridgehead atoms. The number of rotatable bonds is 5. The summed E-state index contributed by atoms with van der Waals surface area (Å²) in [6.45, 7) is 0. The number of benzene rings is 2. The summed E-state index contributed by atoms with van der Waals surface area (Å²) < 4.78 is 0. The first-order valence-electron chi connectivity index (χ1n) is 6.33. The third-order valence-corrected chi connectivity index (χ3v) is 3.54. The molecule has 0 aromatic heterocycles. The fraction of sp³-hybridized carbons (Fsp3) is 0.133. The fourth-order valence-corrected chi connectivity index (χ4v) is 2.34. The molecule has 22 heavy (non-hydrogen) atoms. The van der Waals surface area contributed by atoms with E-state index in [1.165, 1.54) is 24.3 Å². The highest BCUT2D eigenvalue weighted by atomic mass is 35.5. The molecule has 0 spiro atoms. The van der Waals surface area contributed by atoms with Crippen LogP contribution in [0.15, 0.2) is 42.5 Å². The van der Waals surface area contributed by atoms with Crippen LogP contribution >= 0.6 is 11.6 Å². The molecule has 114 valence electrons. The van der Waals surface area contributed by atoms with Crippen LogP contribution < -0.4 is 0 Å². The molecule has 0 aliphatic carbocycles. The highest BCUT2D eigenvalue weighted by Gasteiger charge is 2.22. The molecule has 2 rings (SSSR count). The Morgan fingerprint density at radius 1 is 1.27 bits per heavy atom. The van der Waals surface area contributed by atoms with E-state index in [0.717, 1.165) is 0 Å². The molecule has 0 saturated heterocycles. The second-order valence-electron chi connectivity index (χ2n) is 4.73. The third-order valence-electron chi connectivity index (χ3n) is 3.22. The zero-order valence-electron chi connectivity index (χ0n) is 11.3. The first kappa shape index (κ1) is 15.8. The number of phenolic OH excluding ortho intramolecular Hbond substituents is 1. The number of hydrogen-bond acceptors (Lipinski definition) is 4. The maximum atomic E-state index is 11.5. The standard InChI is InChI=1S/C15H12ClNO5/c16-13-5-4-9(7-14(13)17(21)22)6-12(15(19)20)10-2-1-3-11(18)8-10/h1-5,7-8,12,18H,6H2,(H,19,20). The van der Waals surface area contributed by atoms with Crippen molar-refractivity contribution >= 4 is 23.3 Å². The molecule has 0 aliphatic rings. The van der Waals surface area contributed by atoms with Gasteiger partial charge in [-0.25, -0.2) is 0 Å². The quantitative estimate of drug-likeness (QED) is 0.649. The number of carbonyl (C=O) groups is 1. The van der Waals surface area contributed by atoms with Crippen LogP contribution in [-0.2, 0) is 11.2 Å². The molecular formula is C15H12ClNO5. The summed E-state index contributed by atoms with van der Waals surface area (Å²) in [5.41, 5.74) is 0.635. The van der Waals surface area contributed by atoms with Gasteiger partial charge in [-0.05, 0) is 35.7 Å². The average Bonchev–Trinajstić information content (AvgIpc) is 2.45. The van der Waals surface area contributed by atoms with Crippen molar-refractivity contribution in [2.75, 3.05) is 0 Å². The van der Waals surface area contributed by atoms with Crippen LogP contribution in [0.4, 0.5) is 5.69 Å². The Bertz CT molecular complexity index is 732. The smallest absolute Gasteiger partial charge is 0.311 e. The first-order valence-corrected chi connectivity index (χ1v) is 6.71. The Labute approximate surface area is 130 Å². The van der Waals surface area contributed by atoms with E-state index in [1.807, 2.05) is 0 Å². The molecule has 2 N–H and O–H groups in total. The van der Waals surface area contributed by atoms with Gasteiger partial charge in [0.05, 0.1) is 10.8 Å². The van der Waals surface area contributed by atoms with Gasteiger partial charge in [0.1, 0.15) is 10.8 Å². The summed E-state index contributed by atoms with van der Waals surface area (Å²) in [5.74, 6) is -2.04. The van der Waals surface area contributed by atoms with Crippen LogP contribution in [0, 0.1) is 10.1 Å². The van der Waals surface area contributed by atoms with E-state index < -0.39 is 16.8 Å². The molecule has 2 aromatic rings. The monoisotopic (exact) mass is 321 g/mol. The van der Waals surface area contributed by atoms with Crippen LogP contribution in [0.25, 0.3) is 0 Å². The highest BCUT2D eigenvalue weighted by Crippen LogP contribution is 2.29. The van der Waals surface area contributed by atoms with Crippen molar-refractivity contribution in [2.45, 2.75) is 12.3 Å². The zero-order valence-corrected chi connectivity index (χ0v) is 12.0. The Hall–Kier alpha value is -2.60. The number of hydrogen-bond donors (Lipinski definition) is 2. The Balaban J connectivity index is 2.35. The molecule has 1 atom stereocenters. The third kappa shape index (κ3) is 3.53. The van der Waals surface area contributed by atoms with E-state index in [2.05, 4.69) is 0 Å². The summed E-state index contributed by atoms with van der Waals surface area (Å²) in [6.07, 6.45) is 0.0524. The van der Waals surface area contributed by atoms with Crippen LogP contribution in [0.3, 0.4) is 0 Å². The topological polar surface area (TPSA) is 101 Å². The number of nitro benzene ring substituents is 1. The summed E-state index contributed by atoms with van der Waals surface area (Å²) in [6, 6.07) is 10.1. The van der Waals surface area contributed by atoms with Crippen molar-refractivity contribution < 1.29 is 19.9 Å². The van der Waals surface area contributed by atoms with Gasteiger partial charge in [0.2, 0.25) is 0 Å². The predicted molar refractivity (Wildman–Crippen MR) is 80.3 cm³/mol. The van der Waals surface area contributed by atoms with Crippen molar-refractivity contribution in [3.05, 3.63) is 68.7 Å².